The summed E-state index contributed by atoms with van der Waals surface area (Å²) in [5, 5.41) is 14.4. The average molecular weight is 291 g/mol. The molecular formula is C15H21N3O3. The summed E-state index contributed by atoms with van der Waals surface area (Å²) in [7, 11) is 0. The zero-order valence-corrected chi connectivity index (χ0v) is 12.0. The second-order valence-electron chi connectivity index (χ2n) is 5.16. The number of likely N-dealkylation sites (tertiary alicyclic amines) is 1. The summed E-state index contributed by atoms with van der Waals surface area (Å²) in [6, 6.07) is 6.27. The SMILES string of the molecule is O=C(NCCN1CCCC1)NCc1ccc(C(=O)O)cc1. The number of amides is 2. The van der Waals surface area contributed by atoms with Crippen LogP contribution in [0.1, 0.15) is 28.8 Å². The number of urea groups is 1. The molecule has 2 rings (SSSR count). The van der Waals surface area contributed by atoms with E-state index in [4.69, 9.17) is 5.11 Å². The highest BCUT2D eigenvalue weighted by molar-refractivity contribution is 5.87. The summed E-state index contributed by atoms with van der Waals surface area (Å²) in [6.45, 7) is 4.17. The van der Waals surface area contributed by atoms with Crippen molar-refractivity contribution in [1.29, 1.82) is 0 Å². The van der Waals surface area contributed by atoms with E-state index in [0.717, 1.165) is 25.2 Å². The first kappa shape index (κ1) is 15.3. The molecule has 2 amide bonds. The number of rotatable bonds is 6. The Morgan fingerprint density at radius 1 is 1.10 bits per heavy atom. The Hall–Kier alpha value is -2.08. The van der Waals surface area contributed by atoms with E-state index in [0.29, 0.717) is 13.1 Å². The summed E-state index contributed by atoms with van der Waals surface area (Å²) in [5.74, 6) is -0.950. The molecule has 0 atom stereocenters. The average Bonchev–Trinajstić information content (AvgIpc) is 2.99. The van der Waals surface area contributed by atoms with Crippen molar-refractivity contribution in [3.05, 3.63) is 35.4 Å². The van der Waals surface area contributed by atoms with Crippen molar-refractivity contribution in [1.82, 2.24) is 15.5 Å². The third-order valence-corrected chi connectivity index (χ3v) is 3.57. The molecule has 1 heterocycles. The van der Waals surface area contributed by atoms with Crippen molar-refractivity contribution in [3.8, 4) is 0 Å². The van der Waals surface area contributed by atoms with Gasteiger partial charge in [-0.1, -0.05) is 12.1 Å². The van der Waals surface area contributed by atoms with Gasteiger partial charge in [0.25, 0.3) is 0 Å². The molecule has 6 heteroatoms. The number of aromatic carboxylic acids is 1. The minimum absolute atomic E-state index is 0.198. The Kier molecular flexibility index (Phi) is 5.57. The fourth-order valence-corrected chi connectivity index (χ4v) is 2.34. The van der Waals surface area contributed by atoms with Gasteiger partial charge in [-0.05, 0) is 43.6 Å². The molecule has 0 aliphatic carbocycles. The van der Waals surface area contributed by atoms with Crippen LogP contribution in [-0.4, -0.2) is 48.2 Å². The lowest BCUT2D eigenvalue weighted by Crippen LogP contribution is -2.39. The maximum absolute atomic E-state index is 11.6. The molecule has 1 fully saturated rings. The number of hydrogen-bond donors (Lipinski definition) is 3. The number of carboxylic acids is 1. The van der Waals surface area contributed by atoms with Crippen LogP contribution in [0, 0.1) is 0 Å². The second kappa shape index (κ2) is 7.64. The van der Waals surface area contributed by atoms with Crippen molar-refractivity contribution in [3.63, 3.8) is 0 Å². The van der Waals surface area contributed by atoms with Crippen molar-refractivity contribution in [2.24, 2.45) is 0 Å². The number of nitrogens with one attached hydrogen (secondary N) is 2. The molecule has 0 aromatic heterocycles. The van der Waals surface area contributed by atoms with Crippen LogP contribution in [0.3, 0.4) is 0 Å². The highest BCUT2D eigenvalue weighted by atomic mass is 16.4. The smallest absolute Gasteiger partial charge is 0.335 e. The van der Waals surface area contributed by atoms with Gasteiger partial charge in [0.15, 0.2) is 0 Å². The van der Waals surface area contributed by atoms with Crippen molar-refractivity contribution < 1.29 is 14.7 Å². The van der Waals surface area contributed by atoms with Crippen LogP contribution in [0.15, 0.2) is 24.3 Å². The molecule has 0 bridgehead atoms. The van der Waals surface area contributed by atoms with E-state index < -0.39 is 5.97 Å². The Morgan fingerprint density at radius 2 is 1.76 bits per heavy atom. The lowest BCUT2D eigenvalue weighted by atomic mass is 10.1. The molecule has 6 nitrogen and oxygen atoms in total. The first-order chi connectivity index (χ1) is 10.1. The van der Waals surface area contributed by atoms with Gasteiger partial charge >= 0.3 is 12.0 Å². The van der Waals surface area contributed by atoms with Crippen LogP contribution in [-0.2, 0) is 6.54 Å². The second-order valence-corrected chi connectivity index (χ2v) is 5.16. The number of nitrogens with zero attached hydrogens (tertiary/aromatic N) is 1. The van der Waals surface area contributed by atoms with Gasteiger partial charge in [-0.15, -0.1) is 0 Å². The van der Waals surface area contributed by atoms with Gasteiger partial charge < -0.3 is 20.6 Å². The summed E-state index contributed by atoms with van der Waals surface area (Å²) in [4.78, 5) is 24.7. The molecular weight excluding hydrogens is 270 g/mol. The van der Waals surface area contributed by atoms with E-state index in [1.807, 2.05) is 0 Å². The monoisotopic (exact) mass is 291 g/mol. The first-order valence-corrected chi connectivity index (χ1v) is 7.21. The molecule has 114 valence electrons. The third-order valence-electron chi connectivity index (χ3n) is 3.57. The fourth-order valence-electron chi connectivity index (χ4n) is 2.34. The van der Waals surface area contributed by atoms with Crippen LogP contribution in [0.4, 0.5) is 4.79 Å². The maximum Gasteiger partial charge on any atom is 0.335 e. The van der Waals surface area contributed by atoms with Gasteiger partial charge in [-0.3, -0.25) is 0 Å². The van der Waals surface area contributed by atoms with Gasteiger partial charge in [0.1, 0.15) is 0 Å². The molecule has 1 aliphatic heterocycles. The predicted octanol–water partition coefficient (Wildman–Crippen LogP) is 1.28. The number of hydrogen-bond acceptors (Lipinski definition) is 3. The lowest BCUT2D eigenvalue weighted by molar-refractivity contribution is 0.0697. The molecule has 1 aromatic rings. The molecule has 21 heavy (non-hydrogen) atoms. The minimum atomic E-state index is -0.950. The molecule has 3 N–H and O–H groups in total. The van der Waals surface area contributed by atoms with Gasteiger partial charge in [0, 0.05) is 19.6 Å². The summed E-state index contributed by atoms with van der Waals surface area (Å²) < 4.78 is 0. The Labute approximate surface area is 124 Å². The predicted molar refractivity (Wildman–Crippen MR) is 79.3 cm³/mol. The van der Waals surface area contributed by atoms with Crippen LogP contribution >= 0.6 is 0 Å². The molecule has 1 aromatic carbocycles. The van der Waals surface area contributed by atoms with E-state index in [9.17, 15) is 9.59 Å². The zero-order chi connectivity index (χ0) is 15.1. The van der Waals surface area contributed by atoms with Crippen LogP contribution in [0.25, 0.3) is 0 Å². The number of carboxylic acid groups (broad SMARTS) is 1. The number of benzene rings is 1. The van der Waals surface area contributed by atoms with Crippen molar-refractivity contribution >= 4 is 12.0 Å². The maximum atomic E-state index is 11.6. The molecule has 0 saturated carbocycles. The van der Waals surface area contributed by atoms with Crippen molar-refractivity contribution in [2.45, 2.75) is 19.4 Å². The van der Waals surface area contributed by atoms with E-state index in [1.165, 1.54) is 25.0 Å². The lowest BCUT2D eigenvalue weighted by Gasteiger charge is -2.15. The van der Waals surface area contributed by atoms with E-state index >= 15 is 0 Å². The molecule has 1 saturated heterocycles. The zero-order valence-electron chi connectivity index (χ0n) is 12.0. The Bertz CT molecular complexity index is 481. The van der Waals surface area contributed by atoms with E-state index in [-0.39, 0.29) is 11.6 Å². The molecule has 1 aliphatic rings. The third kappa shape index (κ3) is 5.07. The van der Waals surface area contributed by atoms with E-state index in [1.54, 1.807) is 12.1 Å². The van der Waals surface area contributed by atoms with Gasteiger partial charge in [0.05, 0.1) is 5.56 Å². The van der Waals surface area contributed by atoms with Crippen LogP contribution in [0.5, 0.6) is 0 Å². The first-order valence-electron chi connectivity index (χ1n) is 7.21. The molecule has 0 unspecified atom stereocenters. The van der Waals surface area contributed by atoms with Crippen molar-refractivity contribution in [2.75, 3.05) is 26.2 Å². The number of carbonyl (C=O) groups excluding carboxylic acids is 1. The Balaban J connectivity index is 1.64. The summed E-state index contributed by atoms with van der Waals surface area (Å²) in [5.41, 5.74) is 1.11. The standard InChI is InChI=1S/C15H21N3O3/c19-14(20)13-5-3-12(4-6-13)11-17-15(21)16-7-10-18-8-1-2-9-18/h3-6H,1-2,7-11H2,(H,19,20)(H2,16,17,21). The van der Waals surface area contributed by atoms with Gasteiger partial charge in [0.2, 0.25) is 0 Å². The largest absolute Gasteiger partial charge is 0.478 e. The fraction of sp³-hybridized carbons (Fsp3) is 0.467. The van der Waals surface area contributed by atoms with E-state index in [2.05, 4.69) is 15.5 Å². The molecule has 0 spiro atoms. The summed E-state index contributed by atoms with van der Waals surface area (Å²) >= 11 is 0. The topological polar surface area (TPSA) is 81.7 Å². The normalized spacial score (nSPS) is 14.9. The number of carbonyl (C=O) groups is 2. The van der Waals surface area contributed by atoms with Crippen LogP contribution < -0.4 is 10.6 Å². The van der Waals surface area contributed by atoms with Crippen LogP contribution in [0.2, 0.25) is 0 Å². The summed E-state index contributed by atoms with van der Waals surface area (Å²) in [6.07, 6.45) is 2.50. The Morgan fingerprint density at radius 3 is 2.38 bits per heavy atom. The van der Waals surface area contributed by atoms with Gasteiger partial charge in [-0.2, -0.15) is 0 Å². The minimum Gasteiger partial charge on any atom is -0.478 e. The quantitative estimate of drug-likeness (QED) is 0.737. The van der Waals surface area contributed by atoms with Gasteiger partial charge in [-0.25, -0.2) is 9.59 Å². The molecule has 0 radical (unpaired) electrons. The highest BCUT2D eigenvalue weighted by Crippen LogP contribution is 2.05. The highest BCUT2D eigenvalue weighted by Gasteiger charge is 2.10.